The Bertz CT molecular complexity index is 737. The van der Waals surface area contributed by atoms with Gasteiger partial charge in [0.25, 0.3) is 5.91 Å². The monoisotopic (exact) mass is 356 g/mol. The molecular formula is C19H24N4O3. The number of amides is 1. The van der Waals surface area contributed by atoms with Gasteiger partial charge in [-0.25, -0.2) is 0 Å². The number of carbonyl (C=O) groups is 1. The normalized spacial score (nSPS) is 17.1. The number of hydrogen-bond donors (Lipinski definition) is 3. The number of hydrogen-bond acceptors (Lipinski definition) is 4. The first-order valence-corrected chi connectivity index (χ1v) is 8.73. The van der Waals surface area contributed by atoms with Gasteiger partial charge >= 0.3 is 0 Å². The van der Waals surface area contributed by atoms with Crippen LogP contribution in [0.2, 0.25) is 0 Å². The molecule has 2 heterocycles. The van der Waals surface area contributed by atoms with Crippen LogP contribution in [0.5, 0.6) is 0 Å². The lowest BCUT2D eigenvalue weighted by Gasteiger charge is -2.13. The minimum absolute atomic E-state index is 0.0801. The Hall–Kier alpha value is -2.80. The largest absolute Gasteiger partial charge is 0.467 e. The van der Waals surface area contributed by atoms with E-state index in [2.05, 4.69) is 20.9 Å². The smallest absolute Gasteiger partial charge is 0.253 e. The van der Waals surface area contributed by atoms with Crippen LogP contribution in [0.4, 0.5) is 5.69 Å². The van der Waals surface area contributed by atoms with Crippen molar-refractivity contribution < 1.29 is 13.9 Å². The van der Waals surface area contributed by atoms with Gasteiger partial charge in [-0.2, -0.15) is 0 Å². The highest BCUT2D eigenvalue weighted by atomic mass is 16.5. The van der Waals surface area contributed by atoms with E-state index >= 15 is 0 Å². The molecule has 0 aliphatic carbocycles. The van der Waals surface area contributed by atoms with Crippen molar-refractivity contribution in [3.8, 4) is 0 Å². The number of rotatable bonds is 6. The molecule has 1 saturated heterocycles. The molecule has 2 aromatic rings. The van der Waals surface area contributed by atoms with Crippen molar-refractivity contribution in [2.45, 2.75) is 32.0 Å². The fraction of sp³-hybridized carbons (Fsp3) is 0.368. The lowest BCUT2D eigenvalue weighted by molar-refractivity contribution is -0.124. The molecule has 0 bridgehead atoms. The first-order chi connectivity index (χ1) is 12.7. The van der Waals surface area contributed by atoms with Gasteiger partial charge in [-0.15, -0.1) is 0 Å². The quantitative estimate of drug-likeness (QED) is 0.546. The minimum atomic E-state index is -0.332. The second kappa shape index (κ2) is 9.05. The van der Waals surface area contributed by atoms with Crippen molar-refractivity contribution in [2.75, 3.05) is 19.0 Å². The maximum atomic E-state index is 12.1. The van der Waals surface area contributed by atoms with Crippen LogP contribution in [0.3, 0.4) is 0 Å². The van der Waals surface area contributed by atoms with Crippen molar-refractivity contribution >= 4 is 17.6 Å². The summed E-state index contributed by atoms with van der Waals surface area (Å²) in [5, 5.41) is 9.35. The molecule has 3 rings (SSSR count). The topological polar surface area (TPSA) is 87.9 Å². The second-order valence-electron chi connectivity index (χ2n) is 6.05. The number of furan rings is 1. The van der Waals surface area contributed by atoms with Crippen LogP contribution in [0.15, 0.2) is 52.1 Å². The summed E-state index contributed by atoms with van der Waals surface area (Å²) in [5.41, 5.74) is 1.81. The van der Waals surface area contributed by atoms with Crippen LogP contribution >= 0.6 is 0 Å². The third kappa shape index (κ3) is 5.10. The number of benzene rings is 1. The van der Waals surface area contributed by atoms with E-state index in [9.17, 15) is 4.79 Å². The summed E-state index contributed by atoms with van der Waals surface area (Å²) in [6.45, 7) is 1.80. The van der Waals surface area contributed by atoms with Crippen molar-refractivity contribution in [2.24, 2.45) is 4.99 Å². The number of ether oxygens (including phenoxy) is 1. The van der Waals surface area contributed by atoms with Crippen molar-refractivity contribution in [1.82, 2.24) is 10.6 Å². The lowest BCUT2D eigenvalue weighted by atomic mass is 10.2. The highest BCUT2D eigenvalue weighted by Gasteiger charge is 2.23. The van der Waals surface area contributed by atoms with E-state index in [1.807, 2.05) is 36.4 Å². The van der Waals surface area contributed by atoms with Crippen molar-refractivity contribution in [3.05, 3.63) is 54.0 Å². The molecular weight excluding hydrogens is 332 g/mol. The minimum Gasteiger partial charge on any atom is -0.467 e. The molecule has 7 nitrogen and oxygen atoms in total. The van der Waals surface area contributed by atoms with E-state index in [0.717, 1.165) is 29.9 Å². The third-order valence-electron chi connectivity index (χ3n) is 4.11. The summed E-state index contributed by atoms with van der Waals surface area (Å²) < 4.78 is 10.7. The van der Waals surface area contributed by atoms with Gasteiger partial charge in [0, 0.05) is 25.9 Å². The van der Waals surface area contributed by atoms with Gasteiger partial charge < -0.3 is 25.1 Å². The molecule has 138 valence electrons. The maximum Gasteiger partial charge on any atom is 0.253 e. The Labute approximate surface area is 152 Å². The highest BCUT2D eigenvalue weighted by molar-refractivity contribution is 5.94. The summed E-state index contributed by atoms with van der Waals surface area (Å²) in [6.07, 6.45) is 3.03. The van der Waals surface area contributed by atoms with Gasteiger partial charge in [0.15, 0.2) is 5.96 Å². The van der Waals surface area contributed by atoms with Gasteiger partial charge in [0.2, 0.25) is 0 Å². The fourth-order valence-corrected chi connectivity index (χ4v) is 2.76. The number of nitrogens with zero attached hydrogens (tertiary/aromatic N) is 1. The van der Waals surface area contributed by atoms with Gasteiger partial charge in [-0.1, -0.05) is 12.1 Å². The van der Waals surface area contributed by atoms with Gasteiger partial charge in [0.1, 0.15) is 11.9 Å². The van der Waals surface area contributed by atoms with Crippen LogP contribution in [0, 0.1) is 0 Å². The first-order valence-electron chi connectivity index (χ1n) is 8.73. The van der Waals surface area contributed by atoms with Crippen LogP contribution < -0.4 is 16.0 Å². The van der Waals surface area contributed by atoms with E-state index < -0.39 is 0 Å². The molecule has 26 heavy (non-hydrogen) atoms. The fourth-order valence-electron chi connectivity index (χ4n) is 2.76. The standard InChI is InChI=1S/C19H24N4O3/c1-20-19(22-13-16-7-3-9-25-16)21-12-14-5-2-6-15(11-14)23-18(24)17-8-4-10-26-17/h2-3,5-7,9,11,17H,4,8,10,12-13H2,1H3,(H,23,24)(H2,20,21,22). The predicted molar refractivity (Wildman–Crippen MR) is 99.8 cm³/mol. The Kier molecular flexibility index (Phi) is 6.27. The van der Waals surface area contributed by atoms with Crippen molar-refractivity contribution in [3.63, 3.8) is 0 Å². The molecule has 0 saturated carbocycles. The zero-order valence-electron chi connectivity index (χ0n) is 14.8. The Balaban J connectivity index is 1.50. The first kappa shape index (κ1) is 18.0. The van der Waals surface area contributed by atoms with Crippen LogP contribution in [-0.4, -0.2) is 31.6 Å². The zero-order chi connectivity index (χ0) is 18.2. The molecule has 1 aromatic heterocycles. The molecule has 1 atom stereocenters. The summed E-state index contributed by atoms with van der Waals surface area (Å²) in [4.78, 5) is 16.3. The number of carbonyl (C=O) groups excluding carboxylic acids is 1. The van der Waals surface area contributed by atoms with E-state index in [1.54, 1.807) is 13.3 Å². The van der Waals surface area contributed by atoms with Gasteiger partial charge in [0.05, 0.1) is 12.8 Å². The lowest BCUT2D eigenvalue weighted by Crippen LogP contribution is -2.36. The molecule has 1 fully saturated rings. The molecule has 1 aromatic carbocycles. The van der Waals surface area contributed by atoms with Crippen LogP contribution in [-0.2, 0) is 22.6 Å². The SMILES string of the molecule is CN=C(NCc1cccc(NC(=O)C2CCCO2)c1)NCc1ccco1. The second-order valence-corrected chi connectivity index (χ2v) is 6.05. The molecule has 7 heteroatoms. The number of guanidine groups is 1. The summed E-state index contributed by atoms with van der Waals surface area (Å²) in [5.74, 6) is 1.44. The number of anilines is 1. The molecule has 1 aliphatic rings. The zero-order valence-corrected chi connectivity index (χ0v) is 14.8. The average Bonchev–Trinajstić information content (AvgIpc) is 3.36. The van der Waals surface area contributed by atoms with E-state index in [-0.39, 0.29) is 12.0 Å². The summed E-state index contributed by atoms with van der Waals surface area (Å²) >= 11 is 0. The highest BCUT2D eigenvalue weighted by Crippen LogP contribution is 2.16. The number of aliphatic imine (C=N–C) groups is 1. The Morgan fingerprint density at radius 3 is 2.85 bits per heavy atom. The molecule has 3 N–H and O–H groups in total. The Morgan fingerprint density at radius 2 is 2.12 bits per heavy atom. The third-order valence-corrected chi connectivity index (χ3v) is 4.11. The molecule has 0 radical (unpaired) electrons. The van der Waals surface area contributed by atoms with Crippen LogP contribution in [0.1, 0.15) is 24.2 Å². The summed E-state index contributed by atoms with van der Waals surface area (Å²) in [6, 6.07) is 11.5. The predicted octanol–water partition coefficient (Wildman–Crippen LogP) is 2.26. The molecule has 1 amide bonds. The van der Waals surface area contributed by atoms with Gasteiger partial charge in [-0.05, 0) is 42.7 Å². The van der Waals surface area contributed by atoms with E-state index in [1.165, 1.54) is 0 Å². The van der Waals surface area contributed by atoms with E-state index in [0.29, 0.717) is 25.7 Å². The molecule has 0 spiro atoms. The average molecular weight is 356 g/mol. The molecule has 1 aliphatic heterocycles. The maximum absolute atomic E-state index is 12.1. The summed E-state index contributed by atoms with van der Waals surface area (Å²) in [7, 11) is 1.72. The van der Waals surface area contributed by atoms with Crippen molar-refractivity contribution in [1.29, 1.82) is 0 Å². The molecule has 1 unspecified atom stereocenters. The van der Waals surface area contributed by atoms with Gasteiger partial charge in [-0.3, -0.25) is 9.79 Å². The van der Waals surface area contributed by atoms with E-state index in [4.69, 9.17) is 9.15 Å². The number of nitrogens with one attached hydrogen (secondary N) is 3. The van der Waals surface area contributed by atoms with Crippen LogP contribution in [0.25, 0.3) is 0 Å². The Morgan fingerprint density at radius 1 is 1.23 bits per heavy atom.